The number of methoxy groups -OCH3 is 2. The lowest BCUT2D eigenvalue weighted by Crippen LogP contribution is -2.16. The van der Waals surface area contributed by atoms with Gasteiger partial charge in [-0.05, 0) is 19.1 Å². The molecule has 0 aliphatic carbocycles. The van der Waals surface area contributed by atoms with Crippen molar-refractivity contribution in [1.29, 1.82) is 0 Å². The van der Waals surface area contributed by atoms with Crippen molar-refractivity contribution >= 4 is 5.97 Å². The maximum atomic E-state index is 11.1. The summed E-state index contributed by atoms with van der Waals surface area (Å²) in [6, 6.07) is 4.93. The normalized spacial score (nSPS) is 11.9. The van der Waals surface area contributed by atoms with E-state index in [1.807, 2.05) is 0 Å². The van der Waals surface area contributed by atoms with Gasteiger partial charge in [-0.15, -0.1) is 0 Å². The number of carboxylic acids is 1. The van der Waals surface area contributed by atoms with Crippen LogP contribution < -0.4 is 9.47 Å². The molecule has 94 valence electrons. The van der Waals surface area contributed by atoms with E-state index in [1.54, 1.807) is 25.1 Å². The second-order valence-electron chi connectivity index (χ2n) is 3.28. The summed E-state index contributed by atoms with van der Waals surface area (Å²) in [6.45, 7) is 2.05. The number of rotatable bonds is 6. The van der Waals surface area contributed by atoms with Crippen molar-refractivity contribution in [3.05, 3.63) is 23.8 Å². The Morgan fingerprint density at radius 3 is 2.53 bits per heavy atom. The summed E-state index contributed by atoms with van der Waals surface area (Å²) in [5, 5.41) is 9.09. The maximum absolute atomic E-state index is 11.1. The average molecular weight is 240 g/mol. The smallest absolute Gasteiger partial charge is 0.337 e. The van der Waals surface area contributed by atoms with Crippen LogP contribution in [0.2, 0.25) is 0 Å². The van der Waals surface area contributed by atoms with Crippen LogP contribution in [0, 0.1) is 0 Å². The van der Waals surface area contributed by atoms with Gasteiger partial charge in [0.15, 0.2) is 6.10 Å². The highest BCUT2D eigenvalue weighted by atomic mass is 16.5. The van der Waals surface area contributed by atoms with Gasteiger partial charge in [-0.2, -0.15) is 0 Å². The highest BCUT2D eigenvalue weighted by Crippen LogP contribution is 2.31. The van der Waals surface area contributed by atoms with E-state index in [0.29, 0.717) is 23.7 Å². The van der Waals surface area contributed by atoms with Crippen LogP contribution in [0.15, 0.2) is 18.2 Å². The predicted octanol–water partition coefficient (Wildman–Crippen LogP) is 1.87. The van der Waals surface area contributed by atoms with Gasteiger partial charge in [0.1, 0.15) is 11.5 Å². The van der Waals surface area contributed by atoms with Crippen molar-refractivity contribution in [2.45, 2.75) is 13.0 Å². The second-order valence-corrected chi connectivity index (χ2v) is 3.28. The number of carboxylic acid groups (broad SMARTS) is 1. The van der Waals surface area contributed by atoms with Crippen molar-refractivity contribution in [1.82, 2.24) is 0 Å². The van der Waals surface area contributed by atoms with Crippen molar-refractivity contribution in [2.24, 2.45) is 0 Å². The van der Waals surface area contributed by atoms with Crippen LogP contribution in [0.1, 0.15) is 18.6 Å². The standard InChI is InChI=1S/C12H16O5/c1-4-17-11(12(13)14)9-6-5-8(15-2)7-10(9)16-3/h5-7,11H,4H2,1-3H3,(H,13,14). The molecule has 0 saturated heterocycles. The lowest BCUT2D eigenvalue weighted by atomic mass is 10.1. The highest BCUT2D eigenvalue weighted by molar-refractivity contribution is 5.75. The van der Waals surface area contributed by atoms with Gasteiger partial charge in [0.2, 0.25) is 0 Å². The van der Waals surface area contributed by atoms with Gasteiger partial charge in [0.25, 0.3) is 0 Å². The van der Waals surface area contributed by atoms with Crippen LogP contribution in [-0.4, -0.2) is 31.9 Å². The molecule has 1 aromatic rings. The fourth-order valence-electron chi connectivity index (χ4n) is 1.50. The molecule has 0 amide bonds. The molecular formula is C12H16O5. The van der Waals surface area contributed by atoms with Crippen LogP contribution >= 0.6 is 0 Å². The molecule has 0 aromatic heterocycles. The molecule has 0 radical (unpaired) electrons. The Balaban J connectivity index is 3.13. The molecule has 1 unspecified atom stereocenters. The quantitative estimate of drug-likeness (QED) is 0.822. The molecule has 1 N–H and O–H groups in total. The lowest BCUT2D eigenvalue weighted by molar-refractivity contribution is -0.150. The zero-order valence-electron chi connectivity index (χ0n) is 10.1. The number of hydrogen-bond acceptors (Lipinski definition) is 4. The molecule has 5 heteroatoms. The highest BCUT2D eigenvalue weighted by Gasteiger charge is 2.24. The topological polar surface area (TPSA) is 65.0 Å². The molecule has 0 aliphatic heterocycles. The van der Waals surface area contributed by atoms with E-state index in [1.165, 1.54) is 14.2 Å². The molecule has 0 aliphatic rings. The molecule has 1 atom stereocenters. The van der Waals surface area contributed by atoms with E-state index in [-0.39, 0.29) is 0 Å². The van der Waals surface area contributed by atoms with Crippen LogP contribution in [-0.2, 0) is 9.53 Å². The summed E-state index contributed by atoms with van der Waals surface area (Å²) in [4.78, 5) is 11.1. The van der Waals surface area contributed by atoms with E-state index < -0.39 is 12.1 Å². The lowest BCUT2D eigenvalue weighted by Gasteiger charge is -2.16. The molecule has 1 rings (SSSR count). The Morgan fingerprint density at radius 1 is 1.35 bits per heavy atom. The van der Waals surface area contributed by atoms with Crippen LogP contribution in [0.25, 0.3) is 0 Å². The molecule has 5 nitrogen and oxygen atoms in total. The number of ether oxygens (including phenoxy) is 3. The molecule has 17 heavy (non-hydrogen) atoms. The van der Waals surface area contributed by atoms with Gasteiger partial charge >= 0.3 is 5.97 Å². The summed E-state index contributed by atoms with van der Waals surface area (Å²) in [6.07, 6.45) is -1.03. The van der Waals surface area contributed by atoms with Gasteiger partial charge in [0.05, 0.1) is 14.2 Å². The molecule has 1 aromatic carbocycles. The molecule has 0 bridgehead atoms. The van der Waals surface area contributed by atoms with E-state index in [0.717, 1.165) is 0 Å². The van der Waals surface area contributed by atoms with E-state index in [9.17, 15) is 4.79 Å². The zero-order valence-corrected chi connectivity index (χ0v) is 10.1. The van der Waals surface area contributed by atoms with Crippen LogP contribution in [0.4, 0.5) is 0 Å². The third-order valence-corrected chi connectivity index (χ3v) is 2.28. The Hall–Kier alpha value is -1.75. The zero-order chi connectivity index (χ0) is 12.8. The fraction of sp³-hybridized carbons (Fsp3) is 0.417. The van der Waals surface area contributed by atoms with Crippen LogP contribution in [0.5, 0.6) is 11.5 Å². The van der Waals surface area contributed by atoms with Gasteiger partial charge < -0.3 is 19.3 Å². The number of benzene rings is 1. The fourth-order valence-corrected chi connectivity index (χ4v) is 1.50. The number of hydrogen-bond donors (Lipinski definition) is 1. The summed E-state index contributed by atoms with van der Waals surface area (Å²) >= 11 is 0. The van der Waals surface area contributed by atoms with Gasteiger partial charge in [0, 0.05) is 18.2 Å². The minimum Gasteiger partial charge on any atom is -0.497 e. The Bertz CT molecular complexity index is 388. The summed E-state index contributed by atoms with van der Waals surface area (Å²) in [5.41, 5.74) is 0.475. The molecule has 0 fully saturated rings. The Labute approximate surface area is 99.9 Å². The minimum absolute atomic E-state index is 0.312. The third-order valence-electron chi connectivity index (χ3n) is 2.28. The van der Waals surface area contributed by atoms with Crippen LogP contribution in [0.3, 0.4) is 0 Å². The maximum Gasteiger partial charge on any atom is 0.337 e. The van der Waals surface area contributed by atoms with E-state index in [4.69, 9.17) is 19.3 Å². The Kier molecular flexibility index (Phi) is 4.78. The minimum atomic E-state index is -1.05. The average Bonchev–Trinajstić information content (AvgIpc) is 2.35. The van der Waals surface area contributed by atoms with Crippen molar-refractivity contribution in [3.8, 4) is 11.5 Å². The van der Waals surface area contributed by atoms with Crippen molar-refractivity contribution < 1.29 is 24.1 Å². The first-order chi connectivity index (χ1) is 8.13. The SMILES string of the molecule is CCOC(C(=O)O)c1ccc(OC)cc1OC. The first-order valence-electron chi connectivity index (χ1n) is 5.20. The molecular weight excluding hydrogens is 224 g/mol. The van der Waals surface area contributed by atoms with E-state index >= 15 is 0 Å². The molecule has 0 spiro atoms. The van der Waals surface area contributed by atoms with Crippen molar-refractivity contribution in [3.63, 3.8) is 0 Å². The largest absolute Gasteiger partial charge is 0.497 e. The summed E-state index contributed by atoms with van der Waals surface area (Å²) in [7, 11) is 3.01. The number of carbonyl (C=O) groups is 1. The first kappa shape index (κ1) is 13.3. The molecule has 0 heterocycles. The third kappa shape index (κ3) is 3.10. The summed E-state index contributed by atoms with van der Waals surface area (Å²) in [5.74, 6) is -0.00764. The first-order valence-corrected chi connectivity index (χ1v) is 5.20. The van der Waals surface area contributed by atoms with Gasteiger partial charge in [-0.3, -0.25) is 0 Å². The Morgan fingerprint density at radius 2 is 2.06 bits per heavy atom. The monoisotopic (exact) mass is 240 g/mol. The van der Waals surface area contributed by atoms with E-state index in [2.05, 4.69) is 0 Å². The second kappa shape index (κ2) is 6.10. The molecule has 0 saturated carbocycles. The number of aliphatic carboxylic acids is 1. The summed E-state index contributed by atoms with van der Waals surface area (Å²) < 4.78 is 15.4. The van der Waals surface area contributed by atoms with Gasteiger partial charge in [-0.1, -0.05) is 0 Å². The van der Waals surface area contributed by atoms with Gasteiger partial charge in [-0.25, -0.2) is 4.79 Å². The predicted molar refractivity (Wildman–Crippen MR) is 61.5 cm³/mol. The van der Waals surface area contributed by atoms with Crippen molar-refractivity contribution in [2.75, 3.05) is 20.8 Å².